The minimum atomic E-state index is -0.634. The van der Waals surface area contributed by atoms with Gasteiger partial charge in [0.15, 0.2) is 0 Å². The van der Waals surface area contributed by atoms with Gasteiger partial charge in [-0.25, -0.2) is 8.78 Å². The number of hydrogen-bond acceptors (Lipinski definition) is 2. The lowest BCUT2D eigenvalue weighted by Gasteiger charge is -2.16. The van der Waals surface area contributed by atoms with Crippen LogP contribution < -0.4 is 11.1 Å². The Kier molecular flexibility index (Phi) is 6.07. The molecule has 0 spiro atoms. The number of halogens is 2. The number of amides is 1. The number of nitrogens with two attached hydrogens (primary N) is 1. The molecule has 0 aliphatic rings. The summed E-state index contributed by atoms with van der Waals surface area (Å²) in [6.07, 6.45) is 1.04. The van der Waals surface area contributed by atoms with E-state index < -0.39 is 11.6 Å². The standard InChI is InChI=1S/C15H22F2N2O/c1-9(2)4-11(8-18)6-15(20)19-14-7-12(16)10(3)5-13(14)17/h5,7,9,11H,4,6,8,18H2,1-3H3,(H,19,20). The van der Waals surface area contributed by atoms with Gasteiger partial charge in [0.25, 0.3) is 0 Å². The van der Waals surface area contributed by atoms with Crippen molar-refractivity contribution >= 4 is 11.6 Å². The van der Waals surface area contributed by atoms with Gasteiger partial charge in [-0.3, -0.25) is 4.79 Å². The maximum Gasteiger partial charge on any atom is 0.224 e. The summed E-state index contributed by atoms with van der Waals surface area (Å²) in [5.74, 6) is -1.04. The Labute approximate surface area is 118 Å². The summed E-state index contributed by atoms with van der Waals surface area (Å²) in [5.41, 5.74) is 5.70. The molecule has 1 unspecified atom stereocenters. The van der Waals surface area contributed by atoms with Crippen LogP contribution in [-0.2, 0) is 4.79 Å². The molecule has 1 atom stereocenters. The molecular weight excluding hydrogens is 262 g/mol. The minimum Gasteiger partial charge on any atom is -0.330 e. The van der Waals surface area contributed by atoms with Crippen LogP contribution in [0.5, 0.6) is 0 Å². The Morgan fingerprint density at radius 2 is 1.95 bits per heavy atom. The van der Waals surface area contributed by atoms with Crippen LogP contribution in [0.4, 0.5) is 14.5 Å². The second-order valence-electron chi connectivity index (χ2n) is 5.56. The molecule has 3 N–H and O–H groups in total. The first-order valence-electron chi connectivity index (χ1n) is 6.79. The highest BCUT2D eigenvalue weighted by Crippen LogP contribution is 2.20. The largest absolute Gasteiger partial charge is 0.330 e. The molecule has 1 rings (SSSR count). The maximum absolute atomic E-state index is 13.6. The first-order valence-corrected chi connectivity index (χ1v) is 6.79. The maximum atomic E-state index is 13.6. The van der Waals surface area contributed by atoms with Crippen LogP contribution in [-0.4, -0.2) is 12.5 Å². The molecule has 0 aliphatic carbocycles. The van der Waals surface area contributed by atoms with E-state index in [0.717, 1.165) is 18.6 Å². The lowest BCUT2D eigenvalue weighted by Crippen LogP contribution is -2.23. The van der Waals surface area contributed by atoms with Crippen LogP contribution in [0.25, 0.3) is 0 Å². The molecule has 0 fully saturated rings. The minimum absolute atomic E-state index is 0.0494. The molecule has 1 aromatic rings. The molecular formula is C15H22F2N2O. The van der Waals surface area contributed by atoms with Crippen LogP contribution in [0.2, 0.25) is 0 Å². The second-order valence-corrected chi connectivity index (χ2v) is 5.56. The van der Waals surface area contributed by atoms with Gasteiger partial charge in [0.05, 0.1) is 5.69 Å². The van der Waals surface area contributed by atoms with Gasteiger partial charge in [-0.1, -0.05) is 13.8 Å². The normalized spacial score (nSPS) is 12.6. The summed E-state index contributed by atoms with van der Waals surface area (Å²) in [5, 5.41) is 2.41. The topological polar surface area (TPSA) is 55.1 Å². The van der Waals surface area contributed by atoms with E-state index in [0.29, 0.717) is 12.5 Å². The predicted molar refractivity (Wildman–Crippen MR) is 76.3 cm³/mol. The van der Waals surface area contributed by atoms with Crippen molar-refractivity contribution in [2.24, 2.45) is 17.6 Å². The molecule has 1 aromatic carbocycles. The Morgan fingerprint density at radius 1 is 1.30 bits per heavy atom. The number of benzene rings is 1. The summed E-state index contributed by atoms with van der Waals surface area (Å²) < 4.78 is 27.0. The van der Waals surface area contributed by atoms with Crippen LogP contribution in [0.1, 0.15) is 32.3 Å². The monoisotopic (exact) mass is 284 g/mol. The van der Waals surface area contributed by atoms with Crippen molar-refractivity contribution < 1.29 is 13.6 Å². The van der Waals surface area contributed by atoms with Gasteiger partial charge < -0.3 is 11.1 Å². The van der Waals surface area contributed by atoms with Gasteiger partial charge in [0, 0.05) is 12.5 Å². The lowest BCUT2D eigenvalue weighted by atomic mass is 9.94. The molecule has 1 amide bonds. The van der Waals surface area contributed by atoms with Gasteiger partial charge in [-0.05, 0) is 43.4 Å². The first kappa shape index (κ1) is 16.6. The molecule has 0 saturated carbocycles. The molecule has 0 radical (unpaired) electrons. The number of nitrogens with one attached hydrogen (secondary N) is 1. The molecule has 0 heterocycles. The van der Waals surface area contributed by atoms with Gasteiger partial charge >= 0.3 is 0 Å². The first-order chi connectivity index (χ1) is 9.33. The smallest absolute Gasteiger partial charge is 0.224 e. The van der Waals surface area contributed by atoms with E-state index in [-0.39, 0.29) is 29.5 Å². The van der Waals surface area contributed by atoms with E-state index in [2.05, 4.69) is 19.2 Å². The molecule has 20 heavy (non-hydrogen) atoms. The summed E-state index contributed by atoms with van der Waals surface area (Å²) in [4.78, 5) is 11.9. The molecule has 5 heteroatoms. The summed E-state index contributed by atoms with van der Waals surface area (Å²) in [6, 6.07) is 2.07. The molecule has 112 valence electrons. The average molecular weight is 284 g/mol. The van der Waals surface area contributed by atoms with Gasteiger partial charge in [-0.2, -0.15) is 0 Å². The zero-order chi connectivity index (χ0) is 15.3. The molecule has 0 aromatic heterocycles. The highest BCUT2D eigenvalue weighted by molar-refractivity contribution is 5.91. The van der Waals surface area contributed by atoms with E-state index in [1.54, 1.807) is 0 Å². The van der Waals surface area contributed by atoms with E-state index in [1.165, 1.54) is 6.92 Å². The Bertz CT molecular complexity index is 475. The zero-order valence-corrected chi connectivity index (χ0v) is 12.2. The third-order valence-corrected chi connectivity index (χ3v) is 3.13. The predicted octanol–water partition coefficient (Wildman–Crippen LogP) is 3.22. The summed E-state index contributed by atoms with van der Waals surface area (Å²) >= 11 is 0. The summed E-state index contributed by atoms with van der Waals surface area (Å²) in [7, 11) is 0. The van der Waals surface area contributed by atoms with Crippen LogP contribution in [0.15, 0.2) is 12.1 Å². The highest BCUT2D eigenvalue weighted by Gasteiger charge is 2.16. The van der Waals surface area contributed by atoms with Crippen molar-refractivity contribution in [2.45, 2.75) is 33.6 Å². The van der Waals surface area contributed by atoms with Gasteiger partial charge in [0.2, 0.25) is 5.91 Å². The van der Waals surface area contributed by atoms with Gasteiger partial charge in [-0.15, -0.1) is 0 Å². The lowest BCUT2D eigenvalue weighted by molar-refractivity contribution is -0.117. The number of carbonyl (C=O) groups excluding carboxylic acids is 1. The third kappa shape index (κ3) is 4.89. The third-order valence-electron chi connectivity index (χ3n) is 3.13. The van der Waals surface area contributed by atoms with E-state index in [9.17, 15) is 13.6 Å². The van der Waals surface area contributed by atoms with Crippen molar-refractivity contribution in [1.82, 2.24) is 0 Å². The van der Waals surface area contributed by atoms with Crippen molar-refractivity contribution in [3.8, 4) is 0 Å². The fraction of sp³-hybridized carbons (Fsp3) is 0.533. The SMILES string of the molecule is Cc1cc(F)c(NC(=O)CC(CN)CC(C)C)cc1F. The number of hydrogen-bond donors (Lipinski definition) is 2. The van der Waals surface area contributed by atoms with Crippen LogP contribution in [0, 0.1) is 30.4 Å². The van der Waals surface area contributed by atoms with Crippen molar-refractivity contribution in [3.63, 3.8) is 0 Å². The molecule has 0 saturated heterocycles. The number of anilines is 1. The number of carbonyl (C=O) groups is 1. The van der Waals surface area contributed by atoms with Crippen molar-refractivity contribution in [2.75, 3.05) is 11.9 Å². The van der Waals surface area contributed by atoms with E-state index >= 15 is 0 Å². The number of rotatable bonds is 6. The summed E-state index contributed by atoms with van der Waals surface area (Å²) in [6.45, 7) is 5.97. The molecule has 0 aliphatic heterocycles. The van der Waals surface area contributed by atoms with Crippen LogP contribution in [0.3, 0.4) is 0 Å². The van der Waals surface area contributed by atoms with Crippen molar-refractivity contribution in [1.29, 1.82) is 0 Å². The fourth-order valence-corrected chi connectivity index (χ4v) is 2.14. The number of aryl methyl sites for hydroxylation is 1. The Morgan fingerprint density at radius 3 is 2.50 bits per heavy atom. The quantitative estimate of drug-likeness (QED) is 0.842. The molecule has 3 nitrogen and oxygen atoms in total. The fourth-order valence-electron chi connectivity index (χ4n) is 2.14. The zero-order valence-electron chi connectivity index (χ0n) is 12.2. The van der Waals surface area contributed by atoms with Gasteiger partial charge in [0.1, 0.15) is 11.6 Å². The van der Waals surface area contributed by atoms with E-state index in [1.807, 2.05) is 0 Å². The molecule has 0 bridgehead atoms. The van der Waals surface area contributed by atoms with Crippen LogP contribution >= 0.6 is 0 Å². The second kappa shape index (κ2) is 7.33. The Hall–Kier alpha value is -1.49. The Balaban J connectivity index is 2.68. The average Bonchev–Trinajstić information content (AvgIpc) is 2.34. The van der Waals surface area contributed by atoms with E-state index in [4.69, 9.17) is 5.73 Å². The van der Waals surface area contributed by atoms with Crippen molar-refractivity contribution in [3.05, 3.63) is 29.3 Å². The highest BCUT2D eigenvalue weighted by atomic mass is 19.1.